The molecule has 1 saturated heterocycles. The molecule has 2 rings (SSSR count). The molecule has 0 N–H and O–H groups in total. The number of rotatable bonds is 2. The largest absolute Gasteiger partial charge is 0.340 e. The van der Waals surface area contributed by atoms with Gasteiger partial charge in [0.25, 0.3) is 0 Å². The summed E-state index contributed by atoms with van der Waals surface area (Å²) in [6.45, 7) is 1.65. The van der Waals surface area contributed by atoms with Gasteiger partial charge in [0.1, 0.15) is 0 Å². The maximum atomic E-state index is 11.7. The second-order valence-electron chi connectivity index (χ2n) is 4.07. The predicted octanol–water partition coefficient (Wildman–Crippen LogP) is 1.49. The number of hydrogen-bond acceptors (Lipinski definition) is 3. The summed E-state index contributed by atoms with van der Waals surface area (Å²) in [6.07, 6.45) is 4.24. The average Bonchev–Trinajstić information content (AvgIpc) is 3.01. The topological polar surface area (TPSA) is 32.7 Å². The fourth-order valence-corrected chi connectivity index (χ4v) is 2.07. The SMILES string of the molecule is O=C(C1CC1)N1CCC[C@@H](N=C=S)C1. The molecule has 14 heavy (non-hydrogen) atoms. The van der Waals surface area contributed by atoms with Crippen LogP contribution in [0.2, 0.25) is 0 Å². The summed E-state index contributed by atoms with van der Waals surface area (Å²) in [5.41, 5.74) is 0. The Morgan fingerprint density at radius 1 is 1.43 bits per heavy atom. The van der Waals surface area contributed by atoms with Crippen LogP contribution in [0.15, 0.2) is 4.99 Å². The van der Waals surface area contributed by atoms with Gasteiger partial charge < -0.3 is 4.90 Å². The summed E-state index contributed by atoms with van der Waals surface area (Å²) in [5.74, 6) is 0.652. The summed E-state index contributed by atoms with van der Waals surface area (Å²) in [7, 11) is 0. The Morgan fingerprint density at radius 2 is 2.21 bits per heavy atom. The highest BCUT2D eigenvalue weighted by molar-refractivity contribution is 7.78. The van der Waals surface area contributed by atoms with E-state index in [0.29, 0.717) is 11.8 Å². The monoisotopic (exact) mass is 210 g/mol. The van der Waals surface area contributed by atoms with Crippen molar-refractivity contribution in [1.82, 2.24) is 4.90 Å². The van der Waals surface area contributed by atoms with E-state index < -0.39 is 0 Å². The van der Waals surface area contributed by atoms with Crippen molar-refractivity contribution in [3.8, 4) is 0 Å². The number of carbonyl (C=O) groups is 1. The fourth-order valence-electron chi connectivity index (χ4n) is 1.92. The Hall–Kier alpha value is -0.730. The molecule has 76 valence electrons. The van der Waals surface area contributed by atoms with Crippen molar-refractivity contribution in [2.75, 3.05) is 13.1 Å². The first-order valence-corrected chi connectivity index (χ1v) is 5.58. The normalized spacial score (nSPS) is 26.9. The van der Waals surface area contributed by atoms with Crippen molar-refractivity contribution < 1.29 is 4.79 Å². The molecule has 0 aromatic heterocycles. The molecule has 0 bridgehead atoms. The van der Waals surface area contributed by atoms with E-state index in [-0.39, 0.29) is 6.04 Å². The van der Waals surface area contributed by atoms with Crippen molar-refractivity contribution in [2.24, 2.45) is 10.9 Å². The fraction of sp³-hybridized carbons (Fsp3) is 0.800. The van der Waals surface area contributed by atoms with Crippen LogP contribution in [0.5, 0.6) is 0 Å². The van der Waals surface area contributed by atoms with E-state index in [4.69, 9.17) is 0 Å². The molecule has 2 aliphatic rings. The van der Waals surface area contributed by atoms with Gasteiger partial charge in [-0.3, -0.25) is 4.79 Å². The number of amides is 1. The third kappa shape index (κ3) is 2.20. The molecule has 2 fully saturated rings. The highest BCUT2D eigenvalue weighted by Crippen LogP contribution is 2.32. The molecule has 0 radical (unpaired) electrons. The lowest BCUT2D eigenvalue weighted by atomic mass is 10.1. The van der Waals surface area contributed by atoms with Crippen LogP contribution in [0.1, 0.15) is 25.7 Å². The van der Waals surface area contributed by atoms with Crippen LogP contribution < -0.4 is 0 Å². The first kappa shape index (κ1) is 9.81. The van der Waals surface area contributed by atoms with E-state index in [2.05, 4.69) is 22.4 Å². The molecule has 0 aromatic rings. The lowest BCUT2D eigenvalue weighted by Crippen LogP contribution is -2.42. The minimum Gasteiger partial charge on any atom is -0.340 e. The Bertz CT molecular complexity index is 282. The van der Waals surface area contributed by atoms with Gasteiger partial charge in [0.15, 0.2) is 0 Å². The van der Waals surface area contributed by atoms with Crippen LogP contribution >= 0.6 is 12.2 Å². The molecule has 1 saturated carbocycles. The number of isothiocyanates is 1. The zero-order valence-electron chi connectivity index (χ0n) is 8.11. The first-order valence-electron chi connectivity index (χ1n) is 5.17. The summed E-state index contributed by atoms with van der Waals surface area (Å²) >= 11 is 4.58. The minimum absolute atomic E-state index is 0.198. The van der Waals surface area contributed by atoms with E-state index in [9.17, 15) is 4.79 Å². The summed E-state index contributed by atoms with van der Waals surface area (Å²) in [6, 6.07) is 0.198. The quantitative estimate of drug-likeness (QED) is 0.511. The maximum Gasteiger partial charge on any atom is 0.225 e. The molecule has 1 atom stereocenters. The van der Waals surface area contributed by atoms with Crippen molar-refractivity contribution >= 4 is 23.3 Å². The van der Waals surface area contributed by atoms with Gasteiger partial charge in [-0.15, -0.1) is 0 Å². The van der Waals surface area contributed by atoms with Crippen molar-refractivity contribution in [1.29, 1.82) is 0 Å². The Labute approximate surface area is 89.2 Å². The number of likely N-dealkylation sites (tertiary alicyclic amines) is 1. The molecular formula is C10H14N2OS. The van der Waals surface area contributed by atoms with Gasteiger partial charge in [-0.05, 0) is 37.9 Å². The van der Waals surface area contributed by atoms with E-state index in [1.54, 1.807) is 0 Å². The van der Waals surface area contributed by atoms with Crippen LogP contribution in [-0.2, 0) is 4.79 Å². The van der Waals surface area contributed by atoms with E-state index >= 15 is 0 Å². The summed E-state index contributed by atoms with van der Waals surface area (Å²) in [5, 5.41) is 2.41. The van der Waals surface area contributed by atoms with E-state index in [1.165, 1.54) is 0 Å². The molecule has 4 heteroatoms. The number of thiocarbonyl (C=S) groups is 1. The molecule has 0 aromatic carbocycles. The van der Waals surface area contributed by atoms with E-state index in [1.807, 2.05) is 4.90 Å². The highest BCUT2D eigenvalue weighted by atomic mass is 32.1. The van der Waals surface area contributed by atoms with Gasteiger partial charge in [0, 0.05) is 19.0 Å². The van der Waals surface area contributed by atoms with Crippen molar-refractivity contribution in [2.45, 2.75) is 31.7 Å². The molecule has 1 aliphatic carbocycles. The number of carbonyl (C=O) groups excluding carboxylic acids is 1. The van der Waals surface area contributed by atoms with Gasteiger partial charge >= 0.3 is 0 Å². The molecular weight excluding hydrogens is 196 g/mol. The molecule has 1 heterocycles. The standard InChI is InChI=1S/C10H14N2OS/c13-10(8-3-4-8)12-5-1-2-9(6-12)11-7-14/h8-9H,1-6H2/t9-/m1/s1. The number of nitrogens with zero attached hydrogens (tertiary/aromatic N) is 2. The van der Waals surface area contributed by atoms with Crippen molar-refractivity contribution in [3.05, 3.63) is 0 Å². The van der Waals surface area contributed by atoms with E-state index in [0.717, 1.165) is 38.8 Å². The molecule has 1 aliphatic heterocycles. The lowest BCUT2D eigenvalue weighted by molar-refractivity contribution is -0.133. The van der Waals surface area contributed by atoms with Crippen LogP contribution in [0.25, 0.3) is 0 Å². The molecule has 3 nitrogen and oxygen atoms in total. The highest BCUT2D eigenvalue weighted by Gasteiger charge is 2.35. The number of piperidine rings is 1. The van der Waals surface area contributed by atoms with Gasteiger partial charge in [0.05, 0.1) is 11.2 Å². The zero-order valence-corrected chi connectivity index (χ0v) is 8.92. The van der Waals surface area contributed by atoms with Gasteiger partial charge in [0.2, 0.25) is 5.91 Å². The molecule has 0 spiro atoms. The van der Waals surface area contributed by atoms with Crippen LogP contribution in [-0.4, -0.2) is 35.1 Å². The van der Waals surface area contributed by atoms with Gasteiger partial charge in [-0.2, -0.15) is 0 Å². The van der Waals surface area contributed by atoms with Gasteiger partial charge in [-0.25, -0.2) is 4.99 Å². The summed E-state index contributed by atoms with van der Waals surface area (Å²) < 4.78 is 0. The minimum atomic E-state index is 0.198. The second kappa shape index (κ2) is 4.20. The number of aliphatic imine (C=N–C) groups is 1. The Morgan fingerprint density at radius 3 is 2.86 bits per heavy atom. The van der Waals surface area contributed by atoms with Crippen LogP contribution in [0.3, 0.4) is 0 Å². The van der Waals surface area contributed by atoms with Crippen LogP contribution in [0.4, 0.5) is 0 Å². The molecule has 0 unspecified atom stereocenters. The first-order chi connectivity index (χ1) is 6.81. The third-order valence-electron chi connectivity index (χ3n) is 2.87. The second-order valence-corrected chi connectivity index (χ2v) is 4.26. The average molecular weight is 210 g/mol. The Kier molecular flexibility index (Phi) is 2.94. The summed E-state index contributed by atoms with van der Waals surface area (Å²) in [4.78, 5) is 17.8. The molecule has 1 amide bonds. The number of hydrogen-bond donors (Lipinski definition) is 0. The van der Waals surface area contributed by atoms with Gasteiger partial charge in [-0.1, -0.05) is 0 Å². The smallest absolute Gasteiger partial charge is 0.225 e. The predicted molar refractivity (Wildman–Crippen MR) is 57.4 cm³/mol. The third-order valence-corrected chi connectivity index (χ3v) is 2.98. The van der Waals surface area contributed by atoms with Crippen molar-refractivity contribution in [3.63, 3.8) is 0 Å². The Balaban J connectivity index is 1.92. The zero-order chi connectivity index (χ0) is 9.97. The lowest BCUT2D eigenvalue weighted by Gasteiger charge is -2.30. The van der Waals surface area contributed by atoms with Crippen LogP contribution in [0, 0.1) is 5.92 Å². The maximum absolute atomic E-state index is 11.7.